The molecule has 198 valence electrons. The number of fused-ring (bicyclic) bond motifs is 2. The van der Waals surface area contributed by atoms with Crippen molar-refractivity contribution < 1.29 is 23.5 Å². The topological polar surface area (TPSA) is 77.8 Å². The third-order valence-electron chi connectivity index (χ3n) is 6.48. The van der Waals surface area contributed by atoms with Crippen LogP contribution in [-0.2, 0) is 16.1 Å². The Morgan fingerprint density at radius 2 is 1.56 bits per heavy atom. The van der Waals surface area contributed by atoms with E-state index in [1.807, 2.05) is 72.8 Å². The van der Waals surface area contributed by atoms with Crippen LogP contribution in [-0.4, -0.2) is 26.7 Å². The molecule has 5 aromatic rings. The molecule has 0 atom stereocenters. The summed E-state index contributed by atoms with van der Waals surface area (Å²) >= 11 is 0. The van der Waals surface area contributed by atoms with Gasteiger partial charge in [-0.1, -0.05) is 86.4 Å². The average Bonchev–Trinajstić information content (AvgIpc) is 3.34. The molecule has 0 aliphatic carbocycles. The Bertz CT molecular complexity index is 1640. The van der Waals surface area contributed by atoms with Crippen LogP contribution in [0.1, 0.15) is 16.1 Å². The number of nitrogens with one attached hydrogen (secondary N) is 1. The summed E-state index contributed by atoms with van der Waals surface area (Å²) < 4.78 is 17.0. The fraction of sp³-hybridized carbons (Fsp3) is 0.188. The number of carbonyl (C=O) groups excluding carboxylic acids is 2. The standard InChI is InChI=1S/C32H31NO5Si/c1-39(2,3)18-17-36-31(34)30-27-12-8-7-11-23(27)13-15-28(30)33-32(35)37-21-26-20-25-19-24(14-16-29(25)38-26)22-9-5-4-6-10-22/h4-16,19-20H,17-18,21H2,1-3H3,(H,33,35). The summed E-state index contributed by atoms with van der Waals surface area (Å²) in [6.45, 7) is 6.98. The Morgan fingerprint density at radius 3 is 2.36 bits per heavy atom. The molecule has 1 amide bonds. The van der Waals surface area contributed by atoms with Crippen molar-refractivity contribution in [2.75, 3.05) is 11.9 Å². The zero-order valence-corrected chi connectivity index (χ0v) is 23.3. The summed E-state index contributed by atoms with van der Waals surface area (Å²) in [4.78, 5) is 25.9. The lowest BCUT2D eigenvalue weighted by Crippen LogP contribution is -2.23. The molecule has 0 saturated heterocycles. The molecule has 1 aromatic heterocycles. The minimum absolute atomic E-state index is 0.0508. The number of hydrogen-bond acceptors (Lipinski definition) is 5. The molecule has 4 aromatic carbocycles. The molecule has 0 radical (unpaired) electrons. The molecule has 0 bridgehead atoms. The van der Waals surface area contributed by atoms with Crippen LogP contribution in [0, 0.1) is 0 Å². The molecule has 6 nitrogen and oxygen atoms in total. The van der Waals surface area contributed by atoms with E-state index in [9.17, 15) is 9.59 Å². The Balaban J connectivity index is 1.29. The van der Waals surface area contributed by atoms with Crippen molar-refractivity contribution in [1.29, 1.82) is 0 Å². The summed E-state index contributed by atoms with van der Waals surface area (Å²) in [5.74, 6) is 0.0571. The van der Waals surface area contributed by atoms with Crippen molar-refractivity contribution in [2.45, 2.75) is 32.3 Å². The van der Waals surface area contributed by atoms with Gasteiger partial charge in [-0.25, -0.2) is 9.59 Å². The highest BCUT2D eigenvalue weighted by atomic mass is 28.3. The van der Waals surface area contributed by atoms with Crippen molar-refractivity contribution in [3.8, 4) is 11.1 Å². The van der Waals surface area contributed by atoms with Gasteiger partial charge in [0.25, 0.3) is 0 Å². The highest BCUT2D eigenvalue weighted by Gasteiger charge is 2.21. The maximum Gasteiger partial charge on any atom is 0.412 e. The summed E-state index contributed by atoms with van der Waals surface area (Å²) in [6, 6.07) is 29.9. The molecular formula is C32H31NO5Si. The molecule has 0 fully saturated rings. The lowest BCUT2D eigenvalue weighted by molar-refractivity contribution is 0.0528. The van der Waals surface area contributed by atoms with Crippen LogP contribution >= 0.6 is 0 Å². The molecule has 0 unspecified atom stereocenters. The normalized spacial score (nSPS) is 11.5. The smallest absolute Gasteiger partial charge is 0.412 e. The molecule has 0 spiro atoms. The number of hydrogen-bond donors (Lipinski definition) is 1. The summed E-state index contributed by atoms with van der Waals surface area (Å²) in [5, 5.41) is 5.24. The van der Waals surface area contributed by atoms with E-state index in [1.165, 1.54) is 0 Å². The third kappa shape index (κ3) is 6.38. The SMILES string of the molecule is C[Si](C)(C)CCOC(=O)c1c(NC(=O)OCc2cc3cc(-c4ccccc4)ccc3o2)ccc2ccccc12. The van der Waals surface area contributed by atoms with Gasteiger partial charge in [-0.15, -0.1) is 0 Å². The first-order valence-electron chi connectivity index (χ1n) is 13.0. The van der Waals surface area contributed by atoms with Crippen LogP contribution in [0.5, 0.6) is 0 Å². The lowest BCUT2D eigenvalue weighted by Gasteiger charge is -2.17. The van der Waals surface area contributed by atoms with Gasteiger partial charge in [0.1, 0.15) is 11.3 Å². The summed E-state index contributed by atoms with van der Waals surface area (Å²) in [7, 11) is -1.37. The average molecular weight is 538 g/mol. The van der Waals surface area contributed by atoms with Crippen LogP contribution in [0.15, 0.2) is 95.4 Å². The third-order valence-corrected chi connectivity index (χ3v) is 8.18. The summed E-state index contributed by atoms with van der Waals surface area (Å²) in [5.41, 5.74) is 3.57. The molecule has 5 rings (SSSR count). The van der Waals surface area contributed by atoms with E-state index in [4.69, 9.17) is 13.9 Å². The molecule has 1 N–H and O–H groups in total. The second kappa shape index (κ2) is 11.2. The maximum absolute atomic E-state index is 13.1. The second-order valence-corrected chi connectivity index (χ2v) is 16.3. The molecule has 0 aliphatic heterocycles. The fourth-order valence-electron chi connectivity index (χ4n) is 4.38. The van der Waals surface area contributed by atoms with E-state index in [2.05, 4.69) is 37.1 Å². The predicted molar refractivity (Wildman–Crippen MR) is 158 cm³/mol. The van der Waals surface area contributed by atoms with E-state index in [-0.39, 0.29) is 6.61 Å². The fourth-order valence-corrected chi connectivity index (χ4v) is 5.09. The van der Waals surface area contributed by atoms with Crippen molar-refractivity contribution in [2.24, 2.45) is 0 Å². The number of ether oxygens (including phenoxy) is 2. The van der Waals surface area contributed by atoms with Crippen LogP contribution in [0.2, 0.25) is 25.7 Å². The van der Waals surface area contributed by atoms with Crippen LogP contribution in [0.4, 0.5) is 10.5 Å². The van der Waals surface area contributed by atoms with E-state index in [0.29, 0.717) is 34.6 Å². The van der Waals surface area contributed by atoms with Crippen molar-refractivity contribution in [3.05, 3.63) is 102 Å². The minimum Gasteiger partial charge on any atom is -0.462 e. The number of amides is 1. The highest BCUT2D eigenvalue weighted by Crippen LogP contribution is 2.29. The zero-order chi connectivity index (χ0) is 27.4. The predicted octanol–water partition coefficient (Wildman–Crippen LogP) is 8.50. The number of esters is 1. The van der Waals surface area contributed by atoms with Gasteiger partial charge in [-0.05, 0) is 52.2 Å². The highest BCUT2D eigenvalue weighted by molar-refractivity contribution is 6.76. The van der Waals surface area contributed by atoms with Crippen LogP contribution in [0.3, 0.4) is 0 Å². The van der Waals surface area contributed by atoms with Gasteiger partial charge in [0.15, 0.2) is 6.61 Å². The van der Waals surface area contributed by atoms with Crippen molar-refractivity contribution in [1.82, 2.24) is 0 Å². The number of rotatable bonds is 8. The van der Waals surface area contributed by atoms with Crippen molar-refractivity contribution in [3.63, 3.8) is 0 Å². The van der Waals surface area contributed by atoms with Gasteiger partial charge in [0.2, 0.25) is 0 Å². The Kier molecular flexibility index (Phi) is 7.52. The first-order valence-corrected chi connectivity index (χ1v) is 16.7. The molecule has 0 saturated carbocycles. The maximum atomic E-state index is 13.1. The van der Waals surface area contributed by atoms with Gasteiger partial charge in [0, 0.05) is 13.5 Å². The quantitative estimate of drug-likeness (QED) is 0.159. The molecule has 0 aliphatic rings. The van der Waals surface area contributed by atoms with Gasteiger partial charge in [-0.2, -0.15) is 0 Å². The minimum atomic E-state index is -1.37. The number of furan rings is 1. The van der Waals surface area contributed by atoms with Gasteiger partial charge in [0.05, 0.1) is 17.9 Å². The van der Waals surface area contributed by atoms with E-state index in [1.54, 1.807) is 6.07 Å². The second-order valence-electron chi connectivity index (χ2n) is 10.7. The van der Waals surface area contributed by atoms with Crippen LogP contribution < -0.4 is 5.32 Å². The number of carbonyl (C=O) groups is 2. The Hall–Kier alpha value is -4.36. The number of anilines is 1. The summed E-state index contributed by atoms with van der Waals surface area (Å²) in [6.07, 6.45) is -0.688. The largest absolute Gasteiger partial charge is 0.462 e. The molecule has 39 heavy (non-hydrogen) atoms. The number of benzene rings is 4. The van der Waals surface area contributed by atoms with Gasteiger partial charge < -0.3 is 13.9 Å². The van der Waals surface area contributed by atoms with Gasteiger partial charge >= 0.3 is 12.1 Å². The lowest BCUT2D eigenvalue weighted by atomic mass is 10.0. The first kappa shape index (κ1) is 26.3. The van der Waals surface area contributed by atoms with E-state index in [0.717, 1.165) is 27.9 Å². The monoisotopic (exact) mass is 537 g/mol. The van der Waals surface area contributed by atoms with E-state index < -0.39 is 20.1 Å². The van der Waals surface area contributed by atoms with Crippen molar-refractivity contribution >= 4 is 47.6 Å². The molecule has 1 heterocycles. The van der Waals surface area contributed by atoms with E-state index >= 15 is 0 Å². The molecular weight excluding hydrogens is 506 g/mol. The Labute approximate surface area is 228 Å². The Morgan fingerprint density at radius 1 is 0.795 bits per heavy atom. The van der Waals surface area contributed by atoms with Gasteiger partial charge in [-0.3, -0.25) is 5.32 Å². The molecule has 7 heteroatoms. The first-order chi connectivity index (χ1) is 18.8. The zero-order valence-electron chi connectivity index (χ0n) is 22.3. The van der Waals surface area contributed by atoms with Crippen LogP contribution in [0.25, 0.3) is 32.9 Å².